The highest BCUT2D eigenvalue weighted by molar-refractivity contribution is 5.93. The van der Waals surface area contributed by atoms with Gasteiger partial charge in [-0.2, -0.15) is 0 Å². The average Bonchev–Trinajstić information content (AvgIpc) is 2.73. The van der Waals surface area contributed by atoms with E-state index in [0.717, 1.165) is 12.6 Å². The predicted octanol–water partition coefficient (Wildman–Crippen LogP) is 2.38. The normalized spacial score (nSPS) is 22.6. The standard InChI is InChI=1S/C13H15F3N2O2/c1-8-6-17-7-11(8)12(19)18-9-3-2-4-10(5-9)20-13(14,15)16/h2-5,8,11,17H,6-7H2,1H3,(H,18,19). The molecule has 7 heteroatoms. The van der Waals surface area contributed by atoms with Crippen molar-refractivity contribution in [3.8, 4) is 5.75 Å². The number of carbonyl (C=O) groups excluding carboxylic acids is 1. The monoisotopic (exact) mass is 288 g/mol. The summed E-state index contributed by atoms with van der Waals surface area (Å²) in [7, 11) is 0. The molecule has 0 radical (unpaired) electrons. The number of alkyl halides is 3. The Hall–Kier alpha value is -1.76. The van der Waals surface area contributed by atoms with Crippen molar-refractivity contribution < 1.29 is 22.7 Å². The molecule has 0 aromatic heterocycles. The van der Waals surface area contributed by atoms with Gasteiger partial charge in [0.2, 0.25) is 5.91 Å². The third-order valence-corrected chi connectivity index (χ3v) is 3.19. The Morgan fingerprint density at radius 3 is 2.75 bits per heavy atom. The number of carbonyl (C=O) groups is 1. The van der Waals surface area contributed by atoms with Crippen LogP contribution >= 0.6 is 0 Å². The van der Waals surface area contributed by atoms with Crippen LogP contribution in [-0.4, -0.2) is 25.4 Å². The van der Waals surface area contributed by atoms with Crippen LogP contribution in [0.2, 0.25) is 0 Å². The lowest BCUT2D eigenvalue weighted by atomic mass is 9.97. The van der Waals surface area contributed by atoms with Gasteiger partial charge >= 0.3 is 6.36 Å². The van der Waals surface area contributed by atoms with Gasteiger partial charge in [-0.25, -0.2) is 0 Å². The highest BCUT2D eigenvalue weighted by atomic mass is 19.4. The van der Waals surface area contributed by atoms with Crippen molar-refractivity contribution in [2.24, 2.45) is 11.8 Å². The van der Waals surface area contributed by atoms with Crippen LogP contribution in [-0.2, 0) is 4.79 Å². The molecule has 0 spiro atoms. The first-order valence-electron chi connectivity index (χ1n) is 6.22. The van der Waals surface area contributed by atoms with E-state index >= 15 is 0 Å². The molecule has 20 heavy (non-hydrogen) atoms. The van der Waals surface area contributed by atoms with E-state index in [1.807, 2.05) is 6.92 Å². The van der Waals surface area contributed by atoms with E-state index in [-0.39, 0.29) is 29.2 Å². The number of benzene rings is 1. The van der Waals surface area contributed by atoms with Crippen LogP contribution in [0.25, 0.3) is 0 Å². The molecule has 2 atom stereocenters. The molecule has 1 heterocycles. The minimum atomic E-state index is -4.74. The summed E-state index contributed by atoms with van der Waals surface area (Å²) < 4.78 is 40.2. The highest BCUT2D eigenvalue weighted by Gasteiger charge is 2.32. The summed E-state index contributed by atoms with van der Waals surface area (Å²) in [6.45, 7) is 3.29. The second-order valence-electron chi connectivity index (χ2n) is 4.81. The van der Waals surface area contributed by atoms with Gasteiger partial charge in [0.15, 0.2) is 0 Å². The Kier molecular flexibility index (Phi) is 4.17. The number of halogens is 3. The molecule has 110 valence electrons. The number of ether oxygens (including phenoxy) is 1. The van der Waals surface area contributed by atoms with Gasteiger partial charge in [-0.15, -0.1) is 13.2 Å². The summed E-state index contributed by atoms with van der Waals surface area (Å²) in [6.07, 6.45) is -4.74. The number of anilines is 1. The smallest absolute Gasteiger partial charge is 0.406 e. The van der Waals surface area contributed by atoms with Gasteiger partial charge in [-0.05, 0) is 24.6 Å². The Morgan fingerprint density at radius 2 is 2.15 bits per heavy atom. The summed E-state index contributed by atoms with van der Waals surface area (Å²) in [6, 6.07) is 5.25. The fourth-order valence-corrected chi connectivity index (χ4v) is 2.17. The molecule has 2 N–H and O–H groups in total. The third-order valence-electron chi connectivity index (χ3n) is 3.19. The van der Waals surface area contributed by atoms with E-state index in [4.69, 9.17) is 0 Å². The van der Waals surface area contributed by atoms with Gasteiger partial charge in [0.05, 0.1) is 5.92 Å². The summed E-state index contributed by atoms with van der Waals surface area (Å²) in [5.74, 6) is -0.536. The van der Waals surface area contributed by atoms with E-state index in [0.29, 0.717) is 6.54 Å². The Balaban J connectivity index is 2.02. The zero-order chi connectivity index (χ0) is 14.8. The van der Waals surface area contributed by atoms with Crippen LogP contribution in [0.1, 0.15) is 6.92 Å². The van der Waals surface area contributed by atoms with Gasteiger partial charge in [-0.3, -0.25) is 4.79 Å². The molecular weight excluding hydrogens is 273 g/mol. The van der Waals surface area contributed by atoms with Crippen molar-refractivity contribution in [1.29, 1.82) is 0 Å². The zero-order valence-corrected chi connectivity index (χ0v) is 10.8. The molecule has 1 amide bonds. The lowest BCUT2D eigenvalue weighted by Crippen LogP contribution is -2.27. The first-order chi connectivity index (χ1) is 9.35. The number of hydrogen-bond acceptors (Lipinski definition) is 3. The van der Waals surface area contributed by atoms with Gasteiger partial charge in [0.25, 0.3) is 0 Å². The summed E-state index contributed by atoms with van der Waals surface area (Å²) in [5.41, 5.74) is 0.288. The largest absolute Gasteiger partial charge is 0.573 e. The second-order valence-corrected chi connectivity index (χ2v) is 4.81. The van der Waals surface area contributed by atoms with Crippen molar-refractivity contribution in [2.45, 2.75) is 13.3 Å². The number of rotatable bonds is 3. The van der Waals surface area contributed by atoms with Gasteiger partial charge in [0.1, 0.15) is 5.75 Å². The molecule has 1 aliphatic rings. The lowest BCUT2D eigenvalue weighted by molar-refractivity contribution is -0.274. The van der Waals surface area contributed by atoms with Crippen molar-refractivity contribution in [1.82, 2.24) is 5.32 Å². The minimum absolute atomic E-state index is 0.179. The first kappa shape index (κ1) is 14.6. The third kappa shape index (κ3) is 3.86. The van der Waals surface area contributed by atoms with E-state index in [2.05, 4.69) is 15.4 Å². The van der Waals surface area contributed by atoms with Gasteiger partial charge in [0, 0.05) is 18.3 Å². The molecule has 1 saturated heterocycles. The lowest BCUT2D eigenvalue weighted by Gasteiger charge is -2.15. The molecule has 2 rings (SSSR count). The zero-order valence-electron chi connectivity index (χ0n) is 10.8. The topological polar surface area (TPSA) is 50.4 Å². The highest BCUT2D eigenvalue weighted by Crippen LogP contribution is 2.26. The summed E-state index contributed by atoms with van der Waals surface area (Å²) in [4.78, 5) is 12.0. The van der Waals surface area contributed by atoms with Crippen LogP contribution < -0.4 is 15.4 Å². The number of amides is 1. The Bertz CT molecular complexity index is 491. The molecule has 0 aliphatic carbocycles. The SMILES string of the molecule is CC1CNCC1C(=O)Nc1cccc(OC(F)(F)F)c1. The van der Waals surface area contributed by atoms with Crippen molar-refractivity contribution in [3.05, 3.63) is 24.3 Å². The van der Waals surface area contributed by atoms with E-state index in [1.54, 1.807) is 0 Å². The maximum absolute atomic E-state index is 12.1. The van der Waals surface area contributed by atoms with Crippen LogP contribution in [0.3, 0.4) is 0 Å². The van der Waals surface area contributed by atoms with E-state index in [9.17, 15) is 18.0 Å². The summed E-state index contributed by atoms with van der Waals surface area (Å²) >= 11 is 0. The molecular formula is C13H15F3N2O2. The van der Waals surface area contributed by atoms with Crippen molar-refractivity contribution in [3.63, 3.8) is 0 Å². The number of hydrogen-bond donors (Lipinski definition) is 2. The van der Waals surface area contributed by atoms with Gasteiger partial charge < -0.3 is 15.4 Å². The summed E-state index contributed by atoms with van der Waals surface area (Å²) in [5, 5.41) is 5.71. The quantitative estimate of drug-likeness (QED) is 0.898. The molecule has 1 fully saturated rings. The average molecular weight is 288 g/mol. The fourth-order valence-electron chi connectivity index (χ4n) is 2.17. The van der Waals surface area contributed by atoms with Crippen molar-refractivity contribution >= 4 is 11.6 Å². The Labute approximate surface area is 114 Å². The van der Waals surface area contributed by atoms with Crippen LogP contribution in [0.5, 0.6) is 5.75 Å². The minimum Gasteiger partial charge on any atom is -0.406 e. The first-order valence-corrected chi connectivity index (χ1v) is 6.22. The van der Waals surface area contributed by atoms with Crippen molar-refractivity contribution in [2.75, 3.05) is 18.4 Å². The predicted molar refractivity (Wildman–Crippen MR) is 67.3 cm³/mol. The maximum atomic E-state index is 12.1. The Morgan fingerprint density at radius 1 is 1.40 bits per heavy atom. The van der Waals surface area contributed by atoms with Gasteiger partial charge in [-0.1, -0.05) is 13.0 Å². The molecule has 0 bridgehead atoms. The molecule has 1 aromatic rings. The molecule has 1 aromatic carbocycles. The van der Waals surface area contributed by atoms with E-state index in [1.165, 1.54) is 18.2 Å². The van der Waals surface area contributed by atoms with Crippen LogP contribution in [0.4, 0.5) is 18.9 Å². The number of nitrogens with one attached hydrogen (secondary N) is 2. The molecule has 4 nitrogen and oxygen atoms in total. The maximum Gasteiger partial charge on any atom is 0.573 e. The second kappa shape index (κ2) is 5.70. The molecule has 2 unspecified atom stereocenters. The van der Waals surface area contributed by atoms with E-state index < -0.39 is 6.36 Å². The molecule has 0 saturated carbocycles. The van der Waals surface area contributed by atoms with Crippen LogP contribution in [0, 0.1) is 11.8 Å². The van der Waals surface area contributed by atoms with Crippen LogP contribution in [0.15, 0.2) is 24.3 Å². The fraction of sp³-hybridized carbons (Fsp3) is 0.462. The molecule has 1 aliphatic heterocycles.